The van der Waals surface area contributed by atoms with Gasteiger partial charge in [0.2, 0.25) is 0 Å². The van der Waals surface area contributed by atoms with E-state index in [1.807, 2.05) is 42.5 Å². The van der Waals surface area contributed by atoms with E-state index >= 15 is 0 Å². The van der Waals surface area contributed by atoms with Crippen LogP contribution in [-0.4, -0.2) is 6.61 Å². The summed E-state index contributed by atoms with van der Waals surface area (Å²) in [6.07, 6.45) is 0.994. The predicted molar refractivity (Wildman–Crippen MR) is 90.1 cm³/mol. The largest absolute Gasteiger partial charge is 0.494 e. The number of halogens is 2. The summed E-state index contributed by atoms with van der Waals surface area (Å²) in [5, 5.41) is 0. The molecule has 0 amide bonds. The van der Waals surface area contributed by atoms with Crippen molar-refractivity contribution in [3.05, 3.63) is 62.5 Å². The molecule has 4 heteroatoms. The third kappa shape index (κ3) is 3.84. The molecule has 0 heterocycles. The van der Waals surface area contributed by atoms with E-state index < -0.39 is 0 Å². The quantitative estimate of drug-likeness (QED) is 0.764. The number of hydrogen-bond acceptors (Lipinski definition) is 2. The highest BCUT2D eigenvalue weighted by molar-refractivity contribution is 9.11. The minimum absolute atomic E-state index is 0.188. The molecule has 0 radical (unpaired) electrons. The van der Waals surface area contributed by atoms with Crippen molar-refractivity contribution >= 4 is 31.9 Å². The number of nitrogens with two attached hydrogens (primary N) is 1. The first kappa shape index (κ1) is 15.5. The normalized spacial score (nSPS) is 12.2. The van der Waals surface area contributed by atoms with Crippen LogP contribution in [0.15, 0.2) is 51.4 Å². The van der Waals surface area contributed by atoms with Gasteiger partial charge < -0.3 is 10.5 Å². The van der Waals surface area contributed by atoms with Gasteiger partial charge in [0.1, 0.15) is 5.75 Å². The standard InChI is InChI=1S/C16H17Br2NO/c1-2-8-20-13-5-3-4-11(9-13)16(19)14-10-12(17)6-7-15(14)18/h3-7,9-10,16H,2,8,19H2,1H3. The summed E-state index contributed by atoms with van der Waals surface area (Å²) in [6.45, 7) is 2.81. The summed E-state index contributed by atoms with van der Waals surface area (Å²) in [7, 11) is 0. The summed E-state index contributed by atoms with van der Waals surface area (Å²) >= 11 is 7.04. The van der Waals surface area contributed by atoms with Crippen LogP contribution in [-0.2, 0) is 0 Å². The van der Waals surface area contributed by atoms with E-state index in [2.05, 4.69) is 38.8 Å². The molecule has 2 rings (SSSR count). The lowest BCUT2D eigenvalue weighted by Crippen LogP contribution is -2.12. The fourth-order valence-electron chi connectivity index (χ4n) is 1.95. The first-order valence-electron chi connectivity index (χ1n) is 6.55. The van der Waals surface area contributed by atoms with Gasteiger partial charge in [0, 0.05) is 8.95 Å². The van der Waals surface area contributed by atoms with E-state index in [-0.39, 0.29) is 6.04 Å². The number of hydrogen-bond donors (Lipinski definition) is 1. The molecule has 0 aliphatic rings. The van der Waals surface area contributed by atoms with Crippen molar-refractivity contribution in [3.63, 3.8) is 0 Å². The lowest BCUT2D eigenvalue weighted by molar-refractivity contribution is 0.317. The van der Waals surface area contributed by atoms with Gasteiger partial charge in [-0.25, -0.2) is 0 Å². The highest BCUT2D eigenvalue weighted by Gasteiger charge is 2.13. The van der Waals surface area contributed by atoms with Crippen molar-refractivity contribution in [1.82, 2.24) is 0 Å². The second-order valence-corrected chi connectivity index (χ2v) is 6.33. The smallest absolute Gasteiger partial charge is 0.119 e. The first-order valence-corrected chi connectivity index (χ1v) is 8.13. The molecular weight excluding hydrogens is 382 g/mol. The summed E-state index contributed by atoms with van der Waals surface area (Å²) in [5.41, 5.74) is 8.46. The van der Waals surface area contributed by atoms with Gasteiger partial charge in [-0.05, 0) is 47.9 Å². The Morgan fingerprint density at radius 2 is 1.95 bits per heavy atom. The first-order chi connectivity index (χ1) is 9.61. The summed E-state index contributed by atoms with van der Waals surface area (Å²) in [5.74, 6) is 0.867. The van der Waals surface area contributed by atoms with Crippen molar-refractivity contribution in [2.45, 2.75) is 19.4 Å². The summed E-state index contributed by atoms with van der Waals surface area (Å²) in [4.78, 5) is 0. The summed E-state index contributed by atoms with van der Waals surface area (Å²) in [6, 6.07) is 13.8. The molecule has 2 nitrogen and oxygen atoms in total. The van der Waals surface area contributed by atoms with Crippen molar-refractivity contribution in [2.75, 3.05) is 6.61 Å². The minimum atomic E-state index is -0.188. The maximum absolute atomic E-state index is 6.38. The molecule has 0 aliphatic heterocycles. The molecule has 0 spiro atoms. The Labute approximate surface area is 136 Å². The van der Waals surface area contributed by atoms with Crippen LogP contribution in [0.4, 0.5) is 0 Å². The van der Waals surface area contributed by atoms with Crippen LogP contribution in [0.5, 0.6) is 5.75 Å². The molecule has 0 aliphatic carbocycles. The number of ether oxygens (including phenoxy) is 1. The average Bonchev–Trinajstić information content (AvgIpc) is 2.47. The fourth-order valence-corrected chi connectivity index (χ4v) is 2.82. The Kier molecular flexibility index (Phi) is 5.64. The Balaban J connectivity index is 2.28. The van der Waals surface area contributed by atoms with E-state index in [9.17, 15) is 0 Å². The van der Waals surface area contributed by atoms with Gasteiger partial charge in [-0.2, -0.15) is 0 Å². The SMILES string of the molecule is CCCOc1cccc(C(N)c2cc(Br)ccc2Br)c1. The lowest BCUT2D eigenvalue weighted by Gasteiger charge is -2.16. The van der Waals surface area contributed by atoms with Crippen LogP contribution in [0.25, 0.3) is 0 Å². The molecule has 1 unspecified atom stereocenters. The zero-order chi connectivity index (χ0) is 14.5. The molecule has 106 valence electrons. The van der Waals surface area contributed by atoms with E-state index in [1.165, 1.54) is 0 Å². The molecule has 0 fully saturated rings. The van der Waals surface area contributed by atoms with Gasteiger partial charge in [-0.1, -0.05) is 50.9 Å². The van der Waals surface area contributed by atoms with Crippen LogP contribution >= 0.6 is 31.9 Å². The highest BCUT2D eigenvalue weighted by atomic mass is 79.9. The minimum Gasteiger partial charge on any atom is -0.494 e. The number of rotatable bonds is 5. The monoisotopic (exact) mass is 397 g/mol. The Hall–Kier alpha value is -0.840. The molecule has 0 saturated carbocycles. The van der Waals surface area contributed by atoms with Crippen LogP contribution in [0.3, 0.4) is 0 Å². The average molecular weight is 399 g/mol. The van der Waals surface area contributed by atoms with Crippen LogP contribution < -0.4 is 10.5 Å². The van der Waals surface area contributed by atoms with Gasteiger partial charge in [0.05, 0.1) is 12.6 Å². The van der Waals surface area contributed by atoms with Gasteiger partial charge >= 0.3 is 0 Å². The van der Waals surface area contributed by atoms with E-state index in [0.29, 0.717) is 0 Å². The highest BCUT2D eigenvalue weighted by Crippen LogP contribution is 2.30. The van der Waals surface area contributed by atoms with E-state index in [0.717, 1.165) is 38.8 Å². The molecule has 20 heavy (non-hydrogen) atoms. The second kappa shape index (κ2) is 7.25. The van der Waals surface area contributed by atoms with Crippen LogP contribution in [0.2, 0.25) is 0 Å². The zero-order valence-corrected chi connectivity index (χ0v) is 14.4. The predicted octanol–water partition coefficient (Wildman–Crippen LogP) is 5.05. The van der Waals surface area contributed by atoms with Crippen LogP contribution in [0.1, 0.15) is 30.5 Å². The Bertz CT molecular complexity index is 586. The molecule has 2 N–H and O–H groups in total. The van der Waals surface area contributed by atoms with Gasteiger partial charge in [0.25, 0.3) is 0 Å². The number of benzene rings is 2. The van der Waals surface area contributed by atoms with E-state index in [4.69, 9.17) is 10.5 Å². The summed E-state index contributed by atoms with van der Waals surface area (Å²) < 4.78 is 7.68. The second-order valence-electron chi connectivity index (χ2n) is 4.56. The molecular formula is C16H17Br2NO. The van der Waals surface area contributed by atoms with Crippen molar-refractivity contribution < 1.29 is 4.74 Å². The van der Waals surface area contributed by atoms with Gasteiger partial charge in [-0.15, -0.1) is 0 Å². The molecule has 0 aromatic heterocycles. The van der Waals surface area contributed by atoms with Crippen molar-refractivity contribution in [2.24, 2.45) is 5.73 Å². The fraction of sp³-hybridized carbons (Fsp3) is 0.250. The lowest BCUT2D eigenvalue weighted by atomic mass is 9.99. The molecule has 2 aromatic carbocycles. The maximum atomic E-state index is 6.38. The van der Waals surface area contributed by atoms with Crippen LogP contribution in [0, 0.1) is 0 Å². The molecule has 0 saturated heterocycles. The van der Waals surface area contributed by atoms with Gasteiger partial charge in [0.15, 0.2) is 0 Å². The van der Waals surface area contributed by atoms with Crippen molar-refractivity contribution in [3.8, 4) is 5.75 Å². The maximum Gasteiger partial charge on any atom is 0.119 e. The zero-order valence-electron chi connectivity index (χ0n) is 11.3. The third-order valence-corrected chi connectivity index (χ3v) is 4.20. The van der Waals surface area contributed by atoms with Crippen molar-refractivity contribution in [1.29, 1.82) is 0 Å². The molecule has 0 bridgehead atoms. The van der Waals surface area contributed by atoms with E-state index in [1.54, 1.807) is 0 Å². The molecule has 1 atom stereocenters. The molecule has 2 aromatic rings. The topological polar surface area (TPSA) is 35.2 Å². The van der Waals surface area contributed by atoms with Gasteiger partial charge in [-0.3, -0.25) is 0 Å². The Morgan fingerprint density at radius 3 is 2.70 bits per heavy atom. The Morgan fingerprint density at radius 1 is 1.15 bits per heavy atom. The third-order valence-electron chi connectivity index (χ3n) is 2.98.